The van der Waals surface area contributed by atoms with Gasteiger partial charge in [-0.3, -0.25) is 9.59 Å². The number of hydrogen-bond donors (Lipinski definition) is 1. The molecule has 9 heteroatoms. The standard InChI is InChI=1S/C11H12F3N3O3/c12-11(13,14)6-16(5-8(18)19)9-10(20)17(4-3-15-9)7-1-2-7/h3-4,7H,1-2,5-6H2,(H,18,19). The van der Waals surface area contributed by atoms with E-state index in [2.05, 4.69) is 4.98 Å². The minimum absolute atomic E-state index is 0.0261. The number of carbonyl (C=O) groups is 1. The van der Waals surface area contributed by atoms with Crippen LogP contribution in [0, 0.1) is 0 Å². The van der Waals surface area contributed by atoms with E-state index in [-0.39, 0.29) is 6.04 Å². The maximum atomic E-state index is 12.5. The van der Waals surface area contributed by atoms with Crippen LogP contribution in [0.25, 0.3) is 0 Å². The lowest BCUT2D eigenvalue weighted by atomic mass is 10.4. The van der Waals surface area contributed by atoms with Crippen molar-refractivity contribution in [1.29, 1.82) is 0 Å². The van der Waals surface area contributed by atoms with Gasteiger partial charge in [0.05, 0.1) is 0 Å². The number of alkyl halides is 3. The van der Waals surface area contributed by atoms with Gasteiger partial charge in [-0.15, -0.1) is 0 Å². The van der Waals surface area contributed by atoms with Crippen LogP contribution in [0.2, 0.25) is 0 Å². The molecule has 0 aliphatic heterocycles. The van der Waals surface area contributed by atoms with Gasteiger partial charge in [-0.1, -0.05) is 0 Å². The molecule has 0 atom stereocenters. The molecule has 1 fully saturated rings. The van der Waals surface area contributed by atoms with Crippen LogP contribution in [0.3, 0.4) is 0 Å². The van der Waals surface area contributed by atoms with Crippen LogP contribution in [0.4, 0.5) is 19.0 Å². The van der Waals surface area contributed by atoms with E-state index in [9.17, 15) is 22.8 Å². The monoisotopic (exact) mass is 291 g/mol. The maximum absolute atomic E-state index is 12.5. The van der Waals surface area contributed by atoms with E-state index in [0.717, 1.165) is 12.8 Å². The second-order valence-corrected chi connectivity index (χ2v) is 4.56. The van der Waals surface area contributed by atoms with Gasteiger partial charge in [0.15, 0.2) is 5.82 Å². The van der Waals surface area contributed by atoms with E-state index in [1.54, 1.807) is 0 Å². The Balaban J connectivity index is 2.35. The fourth-order valence-corrected chi connectivity index (χ4v) is 1.86. The van der Waals surface area contributed by atoms with E-state index in [0.29, 0.717) is 4.90 Å². The number of aliphatic carboxylic acids is 1. The highest BCUT2D eigenvalue weighted by atomic mass is 19.4. The molecule has 1 aromatic heterocycles. The van der Waals surface area contributed by atoms with Crippen molar-refractivity contribution in [2.75, 3.05) is 18.0 Å². The molecule has 0 unspecified atom stereocenters. The molecule has 0 spiro atoms. The van der Waals surface area contributed by atoms with Gasteiger partial charge < -0.3 is 14.6 Å². The molecule has 2 rings (SSSR count). The van der Waals surface area contributed by atoms with E-state index in [1.807, 2.05) is 0 Å². The number of halogens is 3. The van der Waals surface area contributed by atoms with Crippen molar-refractivity contribution in [3.8, 4) is 0 Å². The predicted octanol–water partition coefficient (Wildman–Crippen LogP) is 1.03. The van der Waals surface area contributed by atoms with E-state index in [1.165, 1.54) is 17.0 Å². The van der Waals surface area contributed by atoms with Gasteiger partial charge in [-0.05, 0) is 12.8 Å². The second kappa shape index (κ2) is 5.14. The van der Waals surface area contributed by atoms with Gasteiger partial charge >= 0.3 is 12.1 Å². The van der Waals surface area contributed by atoms with Gasteiger partial charge in [0.2, 0.25) is 0 Å². The minimum Gasteiger partial charge on any atom is -0.480 e. The molecule has 0 radical (unpaired) electrons. The molecular formula is C11H12F3N3O3. The zero-order valence-corrected chi connectivity index (χ0v) is 10.3. The molecule has 1 heterocycles. The third-order valence-electron chi connectivity index (χ3n) is 2.79. The van der Waals surface area contributed by atoms with Gasteiger partial charge in [0.1, 0.15) is 13.1 Å². The third kappa shape index (κ3) is 3.49. The molecule has 1 aliphatic carbocycles. The molecule has 1 saturated carbocycles. The van der Waals surface area contributed by atoms with Crippen LogP contribution in [0.5, 0.6) is 0 Å². The Morgan fingerprint density at radius 1 is 1.50 bits per heavy atom. The van der Waals surface area contributed by atoms with E-state index >= 15 is 0 Å². The summed E-state index contributed by atoms with van der Waals surface area (Å²) in [6, 6.07) is -0.0261. The molecule has 0 saturated heterocycles. The van der Waals surface area contributed by atoms with Crippen LogP contribution in [-0.2, 0) is 4.79 Å². The van der Waals surface area contributed by atoms with Crippen molar-refractivity contribution >= 4 is 11.8 Å². The number of aromatic nitrogens is 2. The van der Waals surface area contributed by atoms with Crippen molar-refractivity contribution in [3.05, 3.63) is 22.7 Å². The highest BCUT2D eigenvalue weighted by molar-refractivity contribution is 5.73. The summed E-state index contributed by atoms with van der Waals surface area (Å²) in [6.45, 7) is -2.47. The number of anilines is 1. The number of hydrogen-bond acceptors (Lipinski definition) is 4. The van der Waals surface area contributed by atoms with Gasteiger partial charge in [0, 0.05) is 18.4 Å². The van der Waals surface area contributed by atoms with Crippen molar-refractivity contribution in [2.24, 2.45) is 0 Å². The largest absolute Gasteiger partial charge is 0.480 e. The summed E-state index contributed by atoms with van der Waals surface area (Å²) >= 11 is 0. The van der Waals surface area contributed by atoms with Crippen molar-refractivity contribution in [2.45, 2.75) is 25.1 Å². The summed E-state index contributed by atoms with van der Waals surface area (Å²) in [4.78, 5) is 26.8. The summed E-state index contributed by atoms with van der Waals surface area (Å²) in [7, 11) is 0. The Hall–Kier alpha value is -2.06. The Kier molecular flexibility index (Phi) is 3.69. The van der Waals surface area contributed by atoms with Crippen molar-refractivity contribution in [1.82, 2.24) is 9.55 Å². The first-order valence-electron chi connectivity index (χ1n) is 5.88. The lowest BCUT2D eigenvalue weighted by Crippen LogP contribution is -2.42. The van der Waals surface area contributed by atoms with Crippen molar-refractivity contribution in [3.63, 3.8) is 0 Å². The first-order valence-corrected chi connectivity index (χ1v) is 5.88. The second-order valence-electron chi connectivity index (χ2n) is 4.56. The Bertz CT molecular complexity index is 566. The molecule has 0 bridgehead atoms. The molecule has 1 aromatic rings. The van der Waals surface area contributed by atoms with Gasteiger partial charge in [-0.2, -0.15) is 13.2 Å². The average Bonchev–Trinajstić information content (AvgIpc) is 3.09. The quantitative estimate of drug-likeness (QED) is 0.877. The summed E-state index contributed by atoms with van der Waals surface area (Å²) in [5.41, 5.74) is -0.694. The van der Waals surface area contributed by atoms with Crippen LogP contribution >= 0.6 is 0 Å². The number of carboxylic acid groups (broad SMARTS) is 1. The summed E-state index contributed by atoms with van der Waals surface area (Å²) in [6.07, 6.45) is -0.455. The first kappa shape index (κ1) is 14.4. The number of nitrogens with zero attached hydrogens (tertiary/aromatic N) is 3. The number of carboxylic acids is 1. The van der Waals surface area contributed by atoms with Crippen LogP contribution in [0.15, 0.2) is 17.2 Å². The van der Waals surface area contributed by atoms with Gasteiger partial charge in [-0.25, -0.2) is 4.98 Å². The average molecular weight is 291 g/mol. The predicted molar refractivity (Wildman–Crippen MR) is 62.7 cm³/mol. The van der Waals surface area contributed by atoms with E-state index < -0.39 is 36.6 Å². The lowest BCUT2D eigenvalue weighted by Gasteiger charge is -2.22. The van der Waals surface area contributed by atoms with Crippen molar-refractivity contribution < 1.29 is 23.1 Å². The molecule has 1 aliphatic rings. The first-order chi connectivity index (χ1) is 9.28. The Morgan fingerprint density at radius 3 is 2.65 bits per heavy atom. The molecule has 6 nitrogen and oxygen atoms in total. The van der Waals surface area contributed by atoms with Crippen LogP contribution in [0.1, 0.15) is 18.9 Å². The fourth-order valence-electron chi connectivity index (χ4n) is 1.86. The highest BCUT2D eigenvalue weighted by Gasteiger charge is 2.34. The van der Waals surface area contributed by atoms with Crippen LogP contribution in [-0.4, -0.2) is 39.9 Å². The Morgan fingerprint density at radius 2 is 2.15 bits per heavy atom. The molecule has 110 valence electrons. The highest BCUT2D eigenvalue weighted by Crippen LogP contribution is 2.33. The maximum Gasteiger partial charge on any atom is 0.405 e. The lowest BCUT2D eigenvalue weighted by molar-refractivity contribution is -0.136. The molecule has 0 amide bonds. The summed E-state index contributed by atoms with van der Waals surface area (Å²) in [5, 5.41) is 8.68. The summed E-state index contributed by atoms with van der Waals surface area (Å²) in [5.74, 6) is -1.95. The molecular weight excluding hydrogens is 279 g/mol. The summed E-state index contributed by atoms with van der Waals surface area (Å²) < 4.78 is 38.7. The molecule has 20 heavy (non-hydrogen) atoms. The normalized spacial score (nSPS) is 15.2. The fraction of sp³-hybridized carbons (Fsp3) is 0.545. The van der Waals surface area contributed by atoms with Gasteiger partial charge in [0.25, 0.3) is 5.56 Å². The zero-order valence-electron chi connectivity index (χ0n) is 10.3. The molecule has 0 aromatic carbocycles. The number of rotatable bonds is 5. The topological polar surface area (TPSA) is 75.4 Å². The minimum atomic E-state index is -4.62. The SMILES string of the molecule is O=C(O)CN(CC(F)(F)F)c1nccn(C2CC2)c1=O. The third-order valence-corrected chi connectivity index (χ3v) is 2.79. The smallest absolute Gasteiger partial charge is 0.405 e. The Labute approximate surface area is 111 Å². The van der Waals surface area contributed by atoms with E-state index in [4.69, 9.17) is 5.11 Å². The van der Waals surface area contributed by atoms with Crippen LogP contribution < -0.4 is 10.5 Å². The zero-order chi connectivity index (χ0) is 14.9. The molecule has 1 N–H and O–H groups in total.